The monoisotopic (exact) mass is 343 g/mol. The van der Waals surface area contributed by atoms with Crippen molar-refractivity contribution in [2.24, 2.45) is 5.73 Å². The zero-order chi connectivity index (χ0) is 14.9. The Hall–Kier alpha value is -1.33. The molecule has 5 heteroatoms. The Morgan fingerprint density at radius 2 is 1.80 bits per heavy atom. The van der Waals surface area contributed by atoms with Gasteiger partial charge in [-0.3, -0.25) is 0 Å². The maximum atomic E-state index is 13.9. The molecule has 2 aromatic rings. The highest BCUT2D eigenvalue weighted by molar-refractivity contribution is 9.10. The van der Waals surface area contributed by atoms with E-state index in [9.17, 15) is 13.2 Å². The molecule has 106 valence electrons. The highest BCUT2D eigenvalue weighted by atomic mass is 79.9. The fourth-order valence-electron chi connectivity index (χ4n) is 2.02. The van der Waals surface area contributed by atoms with Crippen molar-refractivity contribution < 1.29 is 13.2 Å². The van der Waals surface area contributed by atoms with Gasteiger partial charge in [-0.25, -0.2) is 13.2 Å². The second-order valence-corrected chi connectivity index (χ2v) is 5.51. The van der Waals surface area contributed by atoms with Crippen molar-refractivity contribution in [3.8, 4) is 0 Å². The number of halogens is 4. The summed E-state index contributed by atoms with van der Waals surface area (Å²) >= 11 is 2.99. The van der Waals surface area contributed by atoms with E-state index in [4.69, 9.17) is 5.73 Å². The van der Waals surface area contributed by atoms with Crippen LogP contribution in [0.15, 0.2) is 34.8 Å². The van der Waals surface area contributed by atoms with E-state index in [1.165, 1.54) is 12.1 Å². The lowest BCUT2D eigenvalue weighted by Crippen LogP contribution is -2.17. The van der Waals surface area contributed by atoms with Crippen molar-refractivity contribution in [3.63, 3.8) is 0 Å². The van der Waals surface area contributed by atoms with E-state index >= 15 is 0 Å². The zero-order valence-corrected chi connectivity index (χ0v) is 12.3. The molecule has 20 heavy (non-hydrogen) atoms. The van der Waals surface area contributed by atoms with Crippen molar-refractivity contribution >= 4 is 15.9 Å². The van der Waals surface area contributed by atoms with Crippen LogP contribution in [0.2, 0.25) is 0 Å². The SMILES string of the molecule is Cc1ccc(C(N)Cc2c(F)ccc(Br)c2F)c(F)c1. The molecule has 0 saturated heterocycles. The summed E-state index contributed by atoms with van der Waals surface area (Å²) in [6.45, 7) is 1.76. The molecule has 0 amide bonds. The van der Waals surface area contributed by atoms with Crippen molar-refractivity contribution in [2.45, 2.75) is 19.4 Å². The third-order valence-corrected chi connectivity index (χ3v) is 3.73. The maximum absolute atomic E-state index is 13.9. The molecule has 0 aliphatic rings. The summed E-state index contributed by atoms with van der Waals surface area (Å²) in [5, 5.41) is 0. The molecule has 2 rings (SSSR count). The number of hydrogen-bond acceptors (Lipinski definition) is 1. The van der Waals surface area contributed by atoms with Gasteiger partial charge < -0.3 is 5.73 Å². The van der Waals surface area contributed by atoms with Gasteiger partial charge in [0.1, 0.15) is 17.5 Å². The summed E-state index contributed by atoms with van der Waals surface area (Å²) in [7, 11) is 0. The number of nitrogens with two attached hydrogens (primary N) is 1. The van der Waals surface area contributed by atoms with E-state index in [0.29, 0.717) is 0 Å². The summed E-state index contributed by atoms with van der Waals surface area (Å²) in [5.74, 6) is -1.85. The van der Waals surface area contributed by atoms with Gasteiger partial charge in [0.15, 0.2) is 0 Å². The van der Waals surface area contributed by atoms with Crippen molar-refractivity contribution in [1.82, 2.24) is 0 Å². The molecule has 2 N–H and O–H groups in total. The van der Waals surface area contributed by atoms with Gasteiger partial charge in [-0.1, -0.05) is 12.1 Å². The Balaban J connectivity index is 2.32. The second-order valence-electron chi connectivity index (χ2n) is 4.66. The van der Waals surface area contributed by atoms with E-state index < -0.39 is 23.5 Å². The molecule has 0 aromatic heterocycles. The van der Waals surface area contributed by atoms with E-state index in [1.807, 2.05) is 0 Å². The Labute approximate surface area is 123 Å². The molecule has 0 heterocycles. The summed E-state index contributed by atoms with van der Waals surface area (Å²) in [5.41, 5.74) is 6.74. The Morgan fingerprint density at radius 1 is 1.10 bits per heavy atom. The first-order valence-corrected chi connectivity index (χ1v) is 6.83. The highest BCUT2D eigenvalue weighted by Gasteiger charge is 2.18. The van der Waals surface area contributed by atoms with Gasteiger partial charge in [0, 0.05) is 17.2 Å². The van der Waals surface area contributed by atoms with E-state index in [1.54, 1.807) is 19.1 Å². The van der Waals surface area contributed by atoms with E-state index in [2.05, 4.69) is 15.9 Å². The fraction of sp³-hybridized carbons (Fsp3) is 0.200. The lowest BCUT2D eigenvalue weighted by atomic mass is 9.97. The molecule has 1 atom stereocenters. The molecule has 0 radical (unpaired) electrons. The van der Waals surface area contributed by atoms with Crippen LogP contribution < -0.4 is 5.73 Å². The predicted molar refractivity (Wildman–Crippen MR) is 75.8 cm³/mol. The molecular weight excluding hydrogens is 331 g/mol. The minimum atomic E-state index is -0.811. The number of aryl methyl sites for hydroxylation is 1. The Kier molecular flexibility index (Phi) is 4.50. The predicted octanol–water partition coefficient (Wildman–Crippen LogP) is 4.42. The van der Waals surface area contributed by atoms with Crippen LogP contribution in [0.1, 0.15) is 22.7 Å². The summed E-state index contributed by atoms with van der Waals surface area (Å²) < 4.78 is 41.5. The smallest absolute Gasteiger partial charge is 0.143 e. The summed E-state index contributed by atoms with van der Waals surface area (Å²) in [6.07, 6.45) is -0.114. The summed E-state index contributed by atoms with van der Waals surface area (Å²) in [6, 6.07) is 6.24. The van der Waals surface area contributed by atoms with Crippen LogP contribution in [0.3, 0.4) is 0 Å². The third kappa shape index (κ3) is 3.04. The third-order valence-electron chi connectivity index (χ3n) is 3.12. The molecule has 1 nitrogen and oxygen atoms in total. The standard InChI is InChI=1S/C15H13BrF3N/c1-8-2-3-9(13(18)6-8)14(20)7-10-12(17)5-4-11(16)15(10)19/h2-6,14H,7,20H2,1H3. The van der Waals surface area contributed by atoms with Gasteiger partial charge in [-0.15, -0.1) is 0 Å². The van der Waals surface area contributed by atoms with Gasteiger partial charge in [-0.05, 0) is 53.0 Å². The van der Waals surface area contributed by atoms with Crippen LogP contribution in [0, 0.1) is 24.4 Å². The average Bonchev–Trinajstić information content (AvgIpc) is 2.39. The topological polar surface area (TPSA) is 26.0 Å². The molecule has 0 aliphatic carbocycles. The molecule has 0 saturated carbocycles. The first kappa shape index (κ1) is 15.1. The van der Waals surface area contributed by atoms with Crippen LogP contribution in [0.25, 0.3) is 0 Å². The van der Waals surface area contributed by atoms with Crippen molar-refractivity contribution in [3.05, 3.63) is 68.9 Å². The molecule has 0 aliphatic heterocycles. The van der Waals surface area contributed by atoms with Gasteiger partial charge in [0.05, 0.1) is 4.47 Å². The van der Waals surface area contributed by atoms with Gasteiger partial charge in [-0.2, -0.15) is 0 Å². The maximum Gasteiger partial charge on any atom is 0.143 e. The number of rotatable bonds is 3. The molecular formula is C15H13BrF3N. The van der Waals surface area contributed by atoms with Crippen molar-refractivity contribution in [1.29, 1.82) is 0 Å². The van der Waals surface area contributed by atoms with Crippen LogP contribution in [-0.4, -0.2) is 0 Å². The first-order chi connectivity index (χ1) is 9.40. The summed E-state index contributed by atoms with van der Waals surface area (Å²) in [4.78, 5) is 0. The van der Waals surface area contributed by atoms with Crippen LogP contribution in [0.4, 0.5) is 13.2 Å². The molecule has 0 spiro atoms. The normalized spacial score (nSPS) is 12.5. The van der Waals surface area contributed by atoms with Crippen LogP contribution in [0.5, 0.6) is 0 Å². The molecule has 2 aromatic carbocycles. The Morgan fingerprint density at radius 3 is 2.45 bits per heavy atom. The van der Waals surface area contributed by atoms with E-state index in [-0.39, 0.29) is 22.0 Å². The van der Waals surface area contributed by atoms with Gasteiger partial charge >= 0.3 is 0 Å². The molecule has 0 fully saturated rings. The minimum absolute atomic E-state index is 0.114. The zero-order valence-electron chi connectivity index (χ0n) is 10.8. The fourth-order valence-corrected chi connectivity index (χ4v) is 2.39. The van der Waals surface area contributed by atoms with Gasteiger partial charge in [0.2, 0.25) is 0 Å². The lowest BCUT2D eigenvalue weighted by Gasteiger charge is -2.15. The second kappa shape index (κ2) is 5.97. The van der Waals surface area contributed by atoms with Crippen LogP contribution in [-0.2, 0) is 6.42 Å². The van der Waals surface area contributed by atoms with Crippen molar-refractivity contribution in [2.75, 3.05) is 0 Å². The molecule has 1 unspecified atom stereocenters. The Bertz CT molecular complexity index is 643. The van der Waals surface area contributed by atoms with Crippen LogP contribution >= 0.6 is 15.9 Å². The average molecular weight is 344 g/mol. The largest absolute Gasteiger partial charge is 0.324 e. The highest BCUT2D eigenvalue weighted by Crippen LogP contribution is 2.26. The minimum Gasteiger partial charge on any atom is -0.324 e. The lowest BCUT2D eigenvalue weighted by molar-refractivity contribution is 0.525. The van der Waals surface area contributed by atoms with Gasteiger partial charge in [0.25, 0.3) is 0 Å². The number of benzene rings is 2. The molecule has 0 bridgehead atoms. The first-order valence-electron chi connectivity index (χ1n) is 6.04. The quantitative estimate of drug-likeness (QED) is 0.820. The van der Waals surface area contributed by atoms with E-state index in [0.717, 1.165) is 11.6 Å². The number of hydrogen-bond donors (Lipinski definition) is 1.